The fraction of sp³-hybridized carbons (Fsp3) is 0.600. The highest BCUT2D eigenvalue weighted by atomic mass is 35.5. The van der Waals surface area contributed by atoms with Gasteiger partial charge in [-0.2, -0.15) is 0 Å². The first-order valence-electron chi connectivity index (χ1n) is 7.51. The molecule has 0 unspecified atom stereocenters. The predicted octanol–water partition coefficient (Wildman–Crippen LogP) is 2.22. The van der Waals surface area contributed by atoms with Crippen LogP contribution in [-0.4, -0.2) is 39.1 Å². The summed E-state index contributed by atoms with van der Waals surface area (Å²) >= 11 is 6.40. The molecule has 116 valence electrons. The van der Waals surface area contributed by atoms with Crippen LogP contribution in [0.5, 0.6) is 0 Å². The van der Waals surface area contributed by atoms with E-state index in [1.807, 2.05) is 12.1 Å². The number of hydrogen-bond donors (Lipinski definition) is 1. The normalized spacial score (nSPS) is 22.0. The molecule has 1 aliphatic heterocycles. The Morgan fingerprint density at radius 3 is 2.76 bits per heavy atom. The van der Waals surface area contributed by atoms with Crippen molar-refractivity contribution in [3.63, 3.8) is 0 Å². The van der Waals surface area contributed by atoms with Gasteiger partial charge in [0.05, 0.1) is 22.2 Å². The van der Waals surface area contributed by atoms with Crippen molar-refractivity contribution >= 4 is 27.1 Å². The molecule has 1 saturated carbocycles. The Hall–Kier alpha value is -0.780. The summed E-state index contributed by atoms with van der Waals surface area (Å²) in [5.41, 5.74) is 2.13. The van der Waals surface area contributed by atoms with E-state index in [-0.39, 0.29) is 11.5 Å². The fourth-order valence-corrected chi connectivity index (χ4v) is 4.24. The third-order valence-corrected chi connectivity index (χ3v) is 6.10. The molecule has 0 bridgehead atoms. The second-order valence-electron chi connectivity index (χ2n) is 5.93. The molecule has 6 heteroatoms. The Bertz CT molecular complexity index is 614. The summed E-state index contributed by atoms with van der Waals surface area (Å²) in [6, 6.07) is 6.77. The lowest BCUT2D eigenvalue weighted by molar-refractivity contribution is 0.597. The van der Waals surface area contributed by atoms with Crippen LogP contribution < -0.4 is 10.2 Å². The van der Waals surface area contributed by atoms with Gasteiger partial charge in [0, 0.05) is 25.7 Å². The van der Waals surface area contributed by atoms with E-state index < -0.39 is 9.84 Å². The van der Waals surface area contributed by atoms with Crippen LogP contribution in [0.2, 0.25) is 5.02 Å². The van der Waals surface area contributed by atoms with E-state index in [1.165, 1.54) is 18.4 Å². The van der Waals surface area contributed by atoms with Crippen LogP contribution in [0.25, 0.3) is 0 Å². The molecule has 1 aliphatic carbocycles. The van der Waals surface area contributed by atoms with Crippen molar-refractivity contribution in [3.05, 3.63) is 28.8 Å². The number of rotatable bonds is 4. The molecular formula is C15H21ClN2O2S. The highest BCUT2D eigenvalue weighted by Crippen LogP contribution is 2.28. The minimum atomic E-state index is -2.89. The lowest BCUT2D eigenvalue weighted by Crippen LogP contribution is -2.27. The largest absolute Gasteiger partial charge is 0.369 e. The Kier molecular flexibility index (Phi) is 4.43. The van der Waals surface area contributed by atoms with Gasteiger partial charge in [-0.15, -0.1) is 0 Å². The molecule has 0 aromatic heterocycles. The number of sulfone groups is 1. The van der Waals surface area contributed by atoms with Gasteiger partial charge >= 0.3 is 0 Å². The maximum atomic E-state index is 11.7. The minimum absolute atomic E-state index is 0.217. The molecule has 1 N–H and O–H groups in total. The van der Waals surface area contributed by atoms with Gasteiger partial charge in [-0.3, -0.25) is 0 Å². The van der Waals surface area contributed by atoms with Crippen molar-refractivity contribution in [1.29, 1.82) is 0 Å². The molecule has 4 nitrogen and oxygen atoms in total. The van der Waals surface area contributed by atoms with E-state index in [9.17, 15) is 8.42 Å². The van der Waals surface area contributed by atoms with E-state index in [2.05, 4.69) is 16.3 Å². The molecule has 1 aromatic rings. The highest BCUT2D eigenvalue weighted by molar-refractivity contribution is 7.91. The van der Waals surface area contributed by atoms with Crippen molar-refractivity contribution in [1.82, 2.24) is 5.32 Å². The first kappa shape index (κ1) is 15.1. The number of anilines is 1. The summed E-state index contributed by atoms with van der Waals surface area (Å²) < 4.78 is 23.3. The van der Waals surface area contributed by atoms with Gasteiger partial charge in [0.1, 0.15) is 0 Å². The smallest absolute Gasteiger partial charge is 0.152 e. The summed E-state index contributed by atoms with van der Waals surface area (Å²) in [4.78, 5) is 2.09. The minimum Gasteiger partial charge on any atom is -0.369 e. The van der Waals surface area contributed by atoms with Crippen LogP contribution in [0.15, 0.2) is 18.2 Å². The molecule has 1 heterocycles. The fourth-order valence-electron chi connectivity index (χ4n) is 2.65. The maximum Gasteiger partial charge on any atom is 0.152 e. The zero-order chi connectivity index (χ0) is 14.9. The first-order chi connectivity index (χ1) is 10.0. The van der Waals surface area contributed by atoms with E-state index in [0.29, 0.717) is 24.0 Å². The summed E-state index contributed by atoms with van der Waals surface area (Å²) in [5.74, 6) is 0.499. The Morgan fingerprint density at radius 1 is 1.24 bits per heavy atom. The zero-order valence-corrected chi connectivity index (χ0v) is 13.6. The van der Waals surface area contributed by atoms with Crippen LogP contribution in [0.1, 0.15) is 24.8 Å². The van der Waals surface area contributed by atoms with Gasteiger partial charge in [0.25, 0.3) is 0 Å². The van der Waals surface area contributed by atoms with Gasteiger partial charge in [0.2, 0.25) is 0 Å². The molecule has 21 heavy (non-hydrogen) atoms. The van der Waals surface area contributed by atoms with Crippen molar-refractivity contribution in [2.75, 3.05) is 29.5 Å². The number of halogens is 1. The van der Waals surface area contributed by atoms with E-state index in [1.54, 1.807) is 0 Å². The van der Waals surface area contributed by atoms with E-state index in [0.717, 1.165) is 18.8 Å². The standard InChI is InChI=1S/C15H21ClN2O2S/c16-14-10-12(11-17-13-3-4-13)2-5-15(14)18-6-1-8-21(19,20)9-7-18/h2,5,10,13,17H,1,3-4,6-9,11H2. The molecule has 0 spiro atoms. The number of nitrogens with one attached hydrogen (secondary N) is 1. The molecule has 0 atom stereocenters. The molecular weight excluding hydrogens is 308 g/mol. The second-order valence-corrected chi connectivity index (χ2v) is 8.64. The maximum absolute atomic E-state index is 11.7. The highest BCUT2D eigenvalue weighted by Gasteiger charge is 2.22. The molecule has 0 amide bonds. The first-order valence-corrected chi connectivity index (χ1v) is 9.71. The average molecular weight is 329 g/mol. The second kappa shape index (κ2) is 6.15. The van der Waals surface area contributed by atoms with Crippen molar-refractivity contribution in [2.45, 2.75) is 31.8 Å². The Labute approximate surface area is 131 Å². The number of nitrogens with zero attached hydrogens (tertiary/aromatic N) is 1. The van der Waals surface area contributed by atoms with Crippen LogP contribution in [0.4, 0.5) is 5.69 Å². The number of hydrogen-bond acceptors (Lipinski definition) is 4. The van der Waals surface area contributed by atoms with Crippen molar-refractivity contribution in [2.24, 2.45) is 0 Å². The SMILES string of the molecule is O=S1(=O)CCCN(c2ccc(CNC3CC3)cc2Cl)CC1. The van der Waals surface area contributed by atoms with E-state index >= 15 is 0 Å². The summed E-state index contributed by atoms with van der Waals surface area (Å²) in [5, 5.41) is 4.18. The summed E-state index contributed by atoms with van der Waals surface area (Å²) in [7, 11) is -2.89. The quantitative estimate of drug-likeness (QED) is 0.920. The molecule has 3 rings (SSSR count). The zero-order valence-electron chi connectivity index (χ0n) is 12.0. The van der Waals surface area contributed by atoms with Crippen molar-refractivity contribution in [3.8, 4) is 0 Å². The molecule has 0 radical (unpaired) electrons. The predicted molar refractivity (Wildman–Crippen MR) is 86.8 cm³/mol. The Balaban J connectivity index is 1.69. The van der Waals surface area contributed by atoms with Gasteiger partial charge in [-0.1, -0.05) is 17.7 Å². The van der Waals surface area contributed by atoms with Crippen LogP contribution in [-0.2, 0) is 16.4 Å². The summed E-state index contributed by atoms with van der Waals surface area (Å²) in [6.45, 7) is 2.12. The molecule has 2 aliphatic rings. The third-order valence-electron chi connectivity index (χ3n) is 4.08. The average Bonchev–Trinajstić information content (AvgIpc) is 3.25. The van der Waals surface area contributed by atoms with Gasteiger partial charge in [0.15, 0.2) is 9.84 Å². The van der Waals surface area contributed by atoms with Gasteiger partial charge < -0.3 is 10.2 Å². The topological polar surface area (TPSA) is 49.4 Å². The Morgan fingerprint density at radius 2 is 2.05 bits per heavy atom. The van der Waals surface area contributed by atoms with Crippen LogP contribution >= 0.6 is 11.6 Å². The lowest BCUT2D eigenvalue weighted by Gasteiger charge is -2.23. The van der Waals surface area contributed by atoms with Crippen LogP contribution in [0.3, 0.4) is 0 Å². The van der Waals surface area contributed by atoms with Gasteiger partial charge in [-0.05, 0) is 37.0 Å². The van der Waals surface area contributed by atoms with Gasteiger partial charge in [-0.25, -0.2) is 8.42 Å². The van der Waals surface area contributed by atoms with Crippen molar-refractivity contribution < 1.29 is 8.42 Å². The monoisotopic (exact) mass is 328 g/mol. The summed E-state index contributed by atoms with van der Waals surface area (Å²) in [6.07, 6.45) is 3.21. The number of benzene rings is 1. The van der Waals surface area contributed by atoms with E-state index in [4.69, 9.17) is 11.6 Å². The lowest BCUT2D eigenvalue weighted by atomic mass is 10.2. The molecule has 2 fully saturated rings. The third kappa shape index (κ3) is 4.11. The molecule has 1 aromatic carbocycles. The van der Waals surface area contributed by atoms with Crippen LogP contribution in [0, 0.1) is 0 Å². The molecule has 1 saturated heterocycles.